The van der Waals surface area contributed by atoms with E-state index in [2.05, 4.69) is 16.0 Å². The monoisotopic (exact) mass is 490 g/mol. The summed E-state index contributed by atoms with van der Waals surface area (Å²) in [6, 6.07) is 7.58. The Morgan fingerprint density at radius 3 is 2.39 bits per heavy atom. The van der Waals surface area contributed by atoms with Gasteiger partial charge in [-0.3, -0.25) is 9.59 Å². The highest BCUT2D eigenvalue weighted by Crippen LogP contribution is 2.30. The van der Waals surface area contributed by atoms with Gasteiger partial charge in [0.25, 0.3) is 0 Å². The van der Waals surface area contributed by atoms with Crippen LogP contribution in [-0.2, 0) is 9.59 Å². The highest BCUT2D eigenvalue weighted by atomic mass is 35.5. The number of alkyl halides is 1. The molecule has 0 radical (unpaired) electrons. The summed E-state index contributed by atoms with van der Waals surface area (Å²) in [6.07, 6.45) is 5.61. The number of nitrogens with zero attached hydrogens (tertiary/aromatic N) is 1. The fourth-order valence-electron chi connectivity index (χ4n) is 4.45. The summed E-state index contributed by atoms with van der Waals surface area (Å²) in [6.45, 7) is 3.93. The number of amides is 2. The minimum atomic E-state index is -0.558. The second kappa shape index (κ2) is 12.7. The van der Waals surface area contributed by atoms with E-state index in [9.17, 15) is 9.59 Å². The van der Waals surface area contributed by atoms with Crippen LogP contribution in [0.1, 0.15) is 38.5 Å². The van der Waals surface area contributed by atoms with Gasteiger partial charge in [0.1, 0.15) is 11.4 Å². The first kappa shape index (κ1) is 26.0. The maximum atomic E-state index is 13.6. The molecule has 2 aliphatic rings. The van der Waals surface area contributed by atoms with E-state index in [-0.39, 0.29) is 30.1 Å². The zero-order valence-corrected chi connectivity index (χ0v) is 20.1. The molecule has 2 saturated heterocycles. The quantitative estimate of drug-likeness (QED) is 0.383. The third kappa shape index (κ3) is 7.41. The van der Waals surface area contributed by atoms with Crippen LogP contribution in [-0.4, -0.2) is 60.9 Å². The van der Waals surface area contributed by atoms with Crippen LogP contribution in [0.2, 0.25) is 5.02 Å². The Morgan fingerprint density at radius 1 is 1.13 bits per heavy atom. The van der Waals surface area contributed by atoms with Gasteiger partial charge < -0.3 is 20.9 Å². The lowest BCUT2D eigenvalue weighted by molar-refractivity contribution is -0.138. The number of carbonyl (C=O) groups excluding carboxylic acids is 2. The lowest BCUT2D eigenvalue weighted by Gasteiger charge is -2.43. The third-order valence-electron chi connectivity index (χ3n) is 6.23. The van der Waals surface area contributed by atoms with Gasteiger partial charge in [-0.05, 0) is 81.8 Å². The zero-order valence-electron chi connectivity index (χ0n) is 17.8. The normalized spacial score (nSPS) is 18.7. The predicted molar refractivity (Wildman–Crippen MR) is 129 cm³/mol. The highest BCUT2D eigenvalue weighted by Gasteiger charge is 2.42. The smallest absolute Gasteiger partial charge is 0.248 e. The molecule has 1 aromatic rings. The average Bonchev–Trinajstić information content (AvgIpc) is 2.78. The molecule has 2 fully saturated rings. The Kier molecular flexibility index (Phi) is 10.7. The van der Waals surface area contributed by atoms with Crippen molar-refractivity contribution in [2.75, 3.05) is 43.9 Å². The Labute approximate surface area is 201 Å². The van der Waals surface area contributed by atoms with Crippen molar-refractivity contribution in [1.82, 2.24) is 15.5 Å². The van der Waals surface area contributed by atoms with E-state index in [4.69, 9.17) is 23.2 Å². The lowest BCUT2D eigenvalue weighted by Crippen LogP contribution is -2.59. The number of rotatable bonds is 8. The van der Waals surface area contributed by atoms with Crippen molar-refractivity contribution >= 4 is 53.1 Å². The SMILES string of the molecule is Cl.O=C(CCl)NCCCC1CCN(C(=O)C2(Nc3ccc(Cl)cc3)CCNCC2)CC1. The summed E-state index contributed by atoms with van der Waals surface area (Å²) in [5, 5.41) is 10.4. The van der Waals surface area contributed by atoms with Gasteiger partial charge in [-0.1, -0.05) is 11.6 Å². The average molecular weight is 492 g/mol. The number of carbonyl (C=O) groups is 2. The van der Waals surface area contributed by atoms with E-state index in [0.29, 0.717) is 17.5 Å². The fourth-order valence-corrected chi connectivity index (χ4v) is 4.67. The van der Waals surface area contributed by atoms with Crippen LogP contribution in [0.3, 0.4) is 0 Å². The molecule has 0 aliphatic carbocycles. The van der Waals surface area contributed by atoms with E-state index in [1.54, 1.807) is 0 Å². The van der Waals surface area contributed by atoms with Gasteiger partial charge in [-0.2, -0.15) is 0 Å². The molecule has 6 nitrogen and oxygen atoms in total. The minimum Gasteiger partial charge on any atom is -0.371 e. The molecule has 2 heterocycles. The second-order valence-electron chi connectivity index (χ2n) is 8.33. The molecule has 0 aromatic heterocycles. The van der Waals surface area contributed by atoms with Crippen LogP contribution in [0.25, 0.3) is 0 Å². The first-order chi connectivity index (χ1) is 14.5. The maximum absolute atomic E-state index is 13.6. The van der Waals surface area contributed by atoms with Crippen LogP contribution in [0, 0.1) is 5.92 Å². The molecule has 31 heavy (non-hydrogen) atoms. The third-order valence-corrected chi connectivity index (χ3v) is 6.72. The van der Waals surface area contributed by atoms with E-state index in [1.807, 2.05) is 29.2 Å². The van der Waals surface area contributed by atoms with Gasteiger partial charge in [0.2, 0.25) is 11.8 Å². The number of piperidine rings is 2. The summed E-state index contributed by atoms with van der Waals surface area (Å²) in [5.74, 6) is 0.724. The van der Waals surface area contributed by atoms with E-state index >= 15 is 0 Å². The van der Waals surface area contributed by atoms with Gasteiger partial charge >= 0.3 is 0 Å². The van der Waals surface area contributed by atoms with Crippen molar-refractivity contribution in [1.29, 1.82) is 0 Å². The molecule has 9 heteroatoms. The molecule has 2 amide bonds. The summed E-state index contributed by atoms with van der Waals surface area (Å²) >= 11 is 11.5. The number of anilines is 1. The number of nitrogens with one attached hydrogen (secondary N) is 3. The van der Waals surface area contributed by atoms with Gasteiger partial charge in [-0.25, -0.2) is 0 Å². The van der Waals surface area contributed by atoms with Crippen molar-refractivity contribution in [3.8, 4) is 0 Å². The Balaban J connectivity index is 0.00000341. The fraction of sp³-hybridized carbons (Fsp3) is 0.636. The van der Waals surface area contributed by atoms with Crippen molar-refractivity contribution in [2.24, 2.45) is 5.92 Å². The number of likely N-dealkylation sites (tertiary alicyclic amines) is 1. The van der Waals surface area contributed by atoms with Gasteiger partial charge in [0.05, 0.1) is 0 Å². The summed E-state index contributed by atoms with van der Waals surface area (Å²) in [5.41, 5.74) is 0.376. The largest absolute Gasteiger partial charge is 0.371 e. The number of benzene rings is 1. The topological polar surface area (TPSA) is 73.5 Å². The molecule has 0 spiro atoms. The molecule has 0 saturated carbocycles. The number of hydrogen-bond donors (Lipinski definition) is 3. The number of hydrogen-bond acceptors (Lipinski definition) is 4. The van der Waals surface area contributed by atoms with E-state index in [1.165, 1.54) is 0 Å². The van der Waals surface area contributed by atoms with Gasteiger partial charge in [0, 0.05) is 30.3 Å². The standard InChI is InChI=1S/C22H32Cl2N4O2.ClH/c23-16-20(29)26-11-1-2-17-7-14-28(15-8-17)21(30)22(9-12-25-13-10-22)27-19-5-3-18(24)4-6-19;/h3-6,17,25,27H,1-2,7-16H2,(H,26,29);1H. The number of halogens is 3. The summed E-state index contributed by atoms with van der Waals surface area (Å²) in [4.78, 5) is 26.8. The van der Waals surface area contributed by atoms with Gasteiger partial charge in [0.15, 0.2) is 0 Å². The molecular formula is C22H33Cl3N4O2. The molecule has 0 bridgehead atoms. The predicted octanol–water partition coefficient (Wildman–Crippen LogP) is 3.67. The first-order valence-corrected chi connectivity index (χ1v) is 11.8. The van der Waals surface area contributed by atoms with Crippen LogP contribution < -0.4 is 16.0 Å². The van der Waals surface area contributed by atoms with E-state index < -0.39 is 5.54 Å². The van der Waals surface area contributed by atoms with Crippen LogP contribution in [0.15, 0.2) is 24.3 Å². The Hall–Kier alpha value is -1.21. The minimum absolute atomic E-state index is 0. The molecule has 2 aliphatic heterocycles. The maximum Gasteiger partial charge on any atom is 0.248 e. The van der Waals surface area contributed by atoms with Crippen LogP contribution in [0.4, 0.5) is 5.69 Å². The molecule has 0 atom stereocenters. The first-order valence-electron chi connectivity index (χ1n) is 10.9. The molecule has 1 aromatic carbocycles. The van der Waals surface area contributed by atoms with E-state index in [0.717, 1.165) is 70.4 Å². The molecular weight excluding hydrogens is 459 g/mol. The van der Waals surface area contributed by atoms with Crippen LogP contribution in [0.5, 0.6) is 0 Å². The summed E-state index contributed by atoms with van der Waals surface area (Å²) in [7, 11) is 0. The summed E-state index contributed by atoms with van der Waals surface area (Å²) < 4.78 is 0. The van der Waals surface area contributed by atoms with Crippen molar-refractivity contribution in [2.45, 2.75) is 44.1 Å². The Bertz CT molecular complexity index is 703. The second-order valence-corrected chi connectivity index (χ2v) is 9.03. The van der Waals surface area contributed by atoms with Crippen molar-refractivity contribution < 1.29 is 9.59 Å². The van der Waals surface area contributed by atoms with Crippen LogP contribution >= 0.6 is 35.6 Å². The zero-order chi connectivity index (χ0) is 21.4. The van der Waals surface area contributed by atoms with Crippen molar-refractivity contribution in [3.63, 3.8) is 0 Å². The van der Waals surface area contributed by atoms with Gasteiger partial charge in [-0.15, -0.1) is 24.0 Å². The van der Waals surface area contributed by atoms with Crippen molar-refractivity contribution in [3.05, 3.63) is 29.3 Å². The lowest BCUT2D eigenvalue weighted by atomic mass is 9.84. The molecule has 174 valence electrons. The molecule has 3 rings (SSSR count). The Morgan fingerprint density at radius 2 is 1.77 bits per heavy atom. The molecule has 0 unspecified atom stereocenters. The molecule has 3 N–H and O–H groups in total. The highest BCUT2D eigenvalue weighted by molar-refractivity contribution is 6.30.